The summed E-state index contributed by atoms with van der Waals surface area (Å²) in [5.74, 6) is 0. The molecule has 0 saturated carbocycles. The van der Waals surface area contributed by atoms with Gasteiger partial charge in [-0.3, -0.25) is 4.68 Å². The van der Waals surface area contributed by atoms with Crippen molar-refractivity contribution in [1.82, 2.24) is 28.7 Å². The highest BCUT2D eigenvalue weighted by molar-refractivity contribution is 7.89. The van der Waals surface area contributed by atoms with Gasteiger partial charge in [0.15, 0.2) is 5.65 Å². The molecule has 1 fully saturated rings. The van der Waals surface area contributed by atoms with Crippen molar-refractivity contribution in [1.29, 1.82) is 0 Å². The minimum atomic E-state index is -3.66. The second kappa shape index (κ2) is 6.08. The maximum Gasteiger partial charge on any atom is 0.246 e. The summed E-state index contributed by atoms with van der Waals surface area (Å²) in [6.07, 6.45) is 6.38. The highest BCUT2D eigenvalue weighted by Gasteiger charge is 2.42. The Labute approximate surface area is 162 Å². The summed E-state index contributed by atoms with van der Waals surface area (Å²) in [5.41, 5.74) is 1.20. The topological polar surface area (TPSA) is 85.4 Å². The summed E-state index contributed by atoms with van der Waals surface area (Å²) in [6.45, 7) is 2.88. The molecule has 2 aliphatic rings. The van der Waals surface area contributed by atoms with Gasteiger partial charge in [0, 0.05) is 31.4 Å². The van der Waals surface area contributed by atoms with Crippen molar-refractivity contribution in [3.05, 3.63) is 41.6 Å². The molecule has 28 heavy (non-hydrogen) atoms. The van der Waals surface area contributed by atoms with Gasteiger partial charge >= 0.3 is 0 Å². The maximum absolute atomic E-state index is 15.8. The third kappa shape index (κ3) is 2.58. The lowest BCUT2D eigenvalue weighted by molar-refractivity contribution is 0.0858. The summed E-state index contributed by atoms with van der Waals surface area (Å²) in [7, 11) is -3.66. The van der Waals surface area contributed by atoms with Gasteiger partial charge in [-0.2, -0.15) is 14.5 Å². The van der Waals surface area contributed by atoms with Crippen LogP contribution in [0, 0.1) is 6.92 Å². The summed E-state index contributed by atoms with van der Waals surface area (Å²) >= 11 is 0. The summed E-state index contributed by atoms with van der Waals surface area (Å²) in [5, 5.41) is 8.28. The van der Waals surface area contributed by atoms with Gasteiger partial charge in [-0.15, -0.1) is 0 Å². The normalized spacial score (nSPS) is 19.9. The van der Waals surface area contributed by atoms with E-state index >= 15 is 4.39 Å². The van der Waals surface area contributed by atoms with Crippen molar-refractivity contribution in [2.45, 2.75) is 49.7 Å². The molecule has 148 valence electrons. The fourth-order valence-corrected chi connectivity index (χ4v) is 5.99. The van der Waals surface area contributed by atoms with E-state index in [0.717, 1.165) is 24.2 Å². The molecule has 0 unspecified atom stereocenters. The molecule has 0 aliphatic carbocycles. The van der Waals surface area contributed by atoms with Crippen molar-refractivity contribution in [2.24, 2.45) is 0 Å². The first-order valence-electron chi connectivity index (χ1n) is 9.43. The molecule has 0 atom stereocenters. The number of fused-ring (bicyclic) bond motifs is 2. The third-order valence-electron chi connectivity index (χ3n) is 5.93. The van der Waals surface area contributed by atoms with Gasteiger partial charge in [-0.1, -0.05) is 0 Å². The molecule has 0 N–H and O–H groups in total. The van der Waals surface area contributed by atoms with Crippen LogP contribution >= 0.6 is 0 Å². The number of halogens is 1. The van der Waals surface area contributed by atoms with Crippen LogP contribution < -0.4 is 0 Å². The number of nitrogens with zero attached hydrogens (tertiary/aromatic N) is 6. The van der Waals surface area contributed by atoms with E-state index in [1.807, 2.05) is 13.0 Å². The Morgan fingerprint density at radius 2 is 1.96 bits per heavy atom. The number of piperidine rings is 1. The number of hydrogen-bond acceptors (Lipinski definition) is 5. The molecule has 0 spiro atoms. The zero-order chi connectivity index (χ0) is 19.5. The zero-order valence-electron chi connectivity index (χ0n) is 15.5. The van der Waals surface area contributed by atoms with Crippen molar-refractivity contribution in [2.75, 3.05) is 13.1 Å². The van der Waals surface area contributed by atoms with Crippen LogP contribution in [0.1, 0.15) is 36.1 Å². The quantitative estimate of drug-likeness (QED) is 0.665. The van der Waals surface area contributed by atoms with Gasteiger partial charge in [0.2, 0.25) is 10.0 Å². The Morgan fingerprint density at radius 1 is 1.18 bits per heavy atom. The number of sulfonamides is 1. The van der Waals surface area contributed by atoms with Gasteiger partial charge in [0.1, 0.15) is 16.9 Å². The standard InChI is InChI=1S/C18H21FN6O2S/c1-13-9-17-20-12-22-25(17)11-14(13)18(19)4-7-23(8-5-18)28(26,27)16-10-21-24-6-2-3-15(16)24/h9-12H,2-8H2,1H3. The van der Waals surface area contributed by atoms with E-state index < -0.39 is 15.7 Å². The van der Waals surface area contributed by atoms with E-state index in [2.05, 4.69) is 15.2 Å². The summed E-state index contributed by atoms with van der Waals surface area (Å²) in [6, 6.07) is 1.81. The van der Waals surface area contributed by atoms with Crippen LogP contribution in [0.3, 0.4) is 0 Å². The highest BCUT2D eigenvalue weighted by atomic mass is 32.2. The number of pyridine rings is 1. The van der Waals surface area contributed by atoms with E-state index in [1.54, 1.807) is 15.4 Å². The van der Waals surface area contributed by atoms with Crippen LogP contribution in [0.15, 0.2) is 29.7 Å². The molecule has 10 heteroatoms. The molecule has 0 amide bonds. The average molecular weight is 404 g/mol. The fraction of sp³-hybridized carbons (Fsp3) is 0.500. The Morgan fingerprint density at radius 3 is 2.75 bits per heavy atom. The number of aromatic nitrogens is 5. The molecule has 2 aliphatic heterocycles. The van der Waals surface area contributed by atoms with E-state index in [4.69, 9.17) is 0 Å². The van der Waals surface area contributed by atoms with Gasteiger partial charge in [-0.25, -0.2) is 22.3 Å². The predicted molar refractivity (Wildman–Crippen MR) is 99.1 cm³/mol. The fourth-order valence-electron chi connectivity index (χ4n) is 4.37. The van der Waals surface area contributed by atoms with E-state index in [9.17, 15) is 8.42 Å². The van der Waals surface area contributed by atoms with Crippen LogP contribution in [0.25, 0.3) is 5.65 Å². The van der Waals surface area contributed by atoms with Crippen LogP contribution in [0.2, 0.25) is 0 Å². The predicted octanol–water partition coefficient (Wildman–Crippen LogP) is 1.83. The molecule has 0 radical (unpaired) electrons. The van der Waals surface area contributed by atoms with Crippen molar-refractivity contribution in [3.8, 4) is 0 Å². The Balaban J connectivity index is 1.41. The average Bonchev–Trinajstić information content (AvgIpc) is 3.37. The van der Waals surface area contributed by atoms with E-state index in [1.165, 1.54) is 16.8 Å². The Kier molecular flexibility index (Phi) is 3.86. The number of alkyl halides is 1. The van der Waals surface area contributed by atoms with Crippen LogP contribution in [0.4, 0.5) is 4.39 Å². The Hall–Kier alpha value is -2.33. The van der Waals surface area contributed by atoms with Gasteiger partial charge < -0.3 is 0 Å². The second-order valence-corrected chi connectivity index (χ2v) is 9.49. The number of aryl methyl sites for hydroxylation is 2. The van der Waals surface area contributed by atoms with E-state index in [0.29, 0.717) is 17.6 Å². The van der Waals surface area contributed by atoms with Gasteiger partial charge in [-0.05, 0) is 44.2 Å². The first-order chi connectivity index (χ1) is 13.4. The third-order valence-corrected chi connectivity index (χ3v) is 7.87. The monoisotopic (exact) mass is 404 g/mol. The molecule has 1 saturated heterocycles. The Bertz CT molecular complexity index is 1160. The van der Waals surface area contributed by atoms with Gasteiger partial charge in [0.25, 0.3) is 0 Å². The minimum absolute atomic E-state index is 0.108. The highest BCUT2D eigenvalue weighted by Crippen LogP contribution is 2.40. The first-order valence-corrected chi connectivity index (χ1v) is 10.9. The van der Waals surface area contributed by atoms with Crippen molar-refractivity contribution < 1.29 is 12.8 Å². The molecule has 8 nitrogen and oxygen atoms in total. The summed E-state index contributed by atoms with van der Waals surface area (Å²) < 4.78 is 46.7. The lowest BCUT2D eigenvalue weighted by Crippen LogP contribution is -2.43. The second-order valence-electron chi connectivity index (χ2n) is 7.58. The lowest BCUT2D eigenvalue weighted by Gasteiger charge is -2.36. The van der Waals surface area contributed by atoms with Crippen molar-refractivity contribution in [3.63, 3.8) is 0 Å². The molecule has 5 heterocycles. The van der Waals surface area contributed by atoms with E-state index in [-0.39, 0.29) is 30.8 Å². The molecule has 5 rings (SSSR count). The minimum Gasteiger partial charge on any atom is -0.268 e. The molecule has 3 aromatic heterocycles. The van der Waals surface area contributed by atoms with Crippen molar-refractivity contribution >= 4 is 15.7 Å². The molecule has 0 bridgehead atoms. The largest absolute Gasteiger partial charge is 0.268 e. The van der Waals surface area contributed by atoms with Crippen LogP contribution in [0.5, 0.6) is 0 Å². The maximum atomic E-state index is 15.8. The van der Waals surface area contributed by atoms with Crippen LogP contribution in [-0.4, -0.2) is 50.2 Å². The molecule has 0 aromatic carbocycles. The molecular formula is C18H21FN6O2S. The smallest absolute Gasteiger partial charge is 0.246 e. The first kappa shape index (κ1) is 17.7. The summed E-state index contributed by atoms with van der Waals surface area (Å²) in [4.78, 5) is 4.40. The number of hydrogen-bond donors (Lipinski definition) is 0. The van der Waals surface area contributed by atoms with Crippen LogP contribution in [-0.2, 0) is 28.7 Å². The molecular weight excluding hydrogens is 383 g/mol. The zero-order valence-corrected chi connectivity index (χ0v) is 16.4. The SMILES string of the molecule is Cc1cc2ncnn2cc1C1(F)CCN(S(=O)(=O)c2cnn3c2CCC3)CC1. The van der Waals surface area contributed by atoms with Gasteiger partial charge in [0.05, 0.1) is 11.9 Å². The number of rotatable bonds is 3. The molecule has 3 aromatic rings. The lowest BCUT2D eigenvalue weighted by atomic mass is 9.85.